The average molecular weight is 932 g/mol. The molecule has 0 bridgehead atoms. The van der Waals surface area contributed by atoms with Gasteiger partial charge in [-0.05, 0) is 105 Å². The number of anilines is 6. The Kier molecular flexibility index (Phi) is 11.7. The fourth-order valence-electron chi connectivity index (χ4n) is 9.12. The highest BCUT2D eigenvalue weighted by atomic mass is 15.0. The monoisotopic (exact) mass is 931 g/mol. The zero-order chi connectivity index (χ0) is 49.7. The van der Waals surface area contributed by atoms with Crippen molar-refractivity contribution in [1.82, 2.24) is 15.0 Å². The van der Waals surface area contributed by atoms with Crippen LogP contribution in [0.4, 0.5) is 34.1 Å². The molecular weight excluding hydrogens is 877 g/mol. The molecule has 0 unspecified atom stereocenters. The highest BCUT2D eigenvalue weighted by Crippen LogP contribution is 2.28. The van der Waals surface area contributed by atoms with Crippen LogP contribution in [0, 0.1) is 34.6 Å². The molecule has 12 aromatic rings. The molecule has 0 fully saturated rings. The van der Waals surface area contributed by atoms with Gasteiger partial charge < -0.3 is 34.4 Å². The fraction of sp³-hybridized carbons (Fsp3) is 0.0847. The summed E-state index contributed by atoms with van der Waals surface area (Å²) in [7, 11) is 0. The van der Waals surface area contributed by atoms with Crippen LogP contribution in [-0.4, -0.2) is 15.0 Å². The third-order valence-corrected chi connectivity index (χ3v) is 13.0. The second-order valence-electron chi connectivity index (χ2n) is 18.1. The minimum atomic E-state index is 0.711. The molecule has 0 radical (unpaired) electrons. The Hall–Kier alpha value is -9.42. The lowest BCUT2D eigenvalue weighted by Crippen LogP contribution is -2.33. The number of benzene rings is 9. The van der Waals surface area contributed by atoms with Gasteiger partial charge in [-0.15, -0.1) is 13.7 Å². The van der Waals surface area contributed by atoms with Crippen LogP contribution in [0.5, 0.6) is 0 Å². The van der Waals surface area contributed by atoms with Crippen LogP contribution in [-0.2, 0) is 0 Å². The molecule has 12 heteroatoms. The van der Waals surface area contributed by atoms with E-state index in [0.29, 0.717) is 5.69 Å². The van der Waals surface area contributed by atoms with E-state index in [4.69, 9.17) is 49.4 Å². The van der Waals surface area contributed by atoms with Gasteiger partial charge in [-0.3, -0.25) is 0 Å². The molecule has 3 aromatic heterocycles. The smallest absolute Gasteiger partial charge is 0.239 e. The molecule has 0 atom stereocenters. The minimum Gasteiger partial charge on any atom is -0.399 e. The summed E-state index contributed by atoms with van der Waals surface area (Å²) in [6.45, 7) is 10.0. The Morgan fingerprint density at radius 2 is 0.606 bits per heavy atom. The van der Waals surface area contributed by atoms with Gasteiger partial charge in [0.2, 0.25) is 50.2 Å². The van der Waals surface area contributed by atoms with Gasteiger partial charge in [-0.2, -0.15) is 0 Å². The molecule has 348 valence electrons. The second-order valence-corrected chi connectivity index (χ2v) is 18.1. The van der Waals surface area contributed by atoms with Crippen molar-refractivity contribution >= 4 is 100 Å². The van der Waals surface area contributed by atoms with E-state index in [0.717, 1.165) is 140 Å². The van der Waals surface area contributed by atoms with Gasteiger partial charge in [-0.1, -0.05) is 54.6 Å². The molecule has 3 heterocycles. The first-order valence-electron chi connectivity index (χ1n) is 23.3. The third kappa shape index (κ3) is 8.59. The van der Waals surface area contributed by atoms with Crippen molar-refractivity contribution < 1.29 is 13.7 Å². The summed E-state index contributed by atoms with van der Waals surface area (Å²) in [5.74, 6) is 0. The van der Waals surface area contributed by atoms with E-state index in [9.17, 15) is 0 Å². The third-order valence-electron chi connectivity index (χ3n) is 13.0. The van der Waals surface area contributed by atoms with Crippen molar-refractivity contribution in [2.24, 2.45) is 0 Å². The number of aryl methyl sites for hydroxylation is 5. The minimum absolute atomic E-state index is 0.711. The van der Waals surface area contributed by atoms with Crippen LogP contribution in [0.2, 0.25) is 0 Å². The molecule has 0 saturated carbocycles. The summed E-state index contributed by atoms with van der Waals surface area (Å²) in [6.07, 6.45) is 0. The van der Waals surface area contributed by atoms with E-state index in [1.165, 1.54) is 0 Å². The Bertz CT molecular complexity index is 3980. The summed E-state index contributed by atoms with van der Waals surface area (Å²) in [5.41, 5.74) is 60.9. The zero-order valence-corrected chi connectivity index (χ0v) is 40.3. The van der Waals surface area contributed by atoms with Gasteiger partial charge in [-0.25, -0.2) is 15.0 Å². The molecule has 12 N–H and O–H groups in total. The van der Waals surface area contributed by atoms with Crippen molar-refractivity contribution in [1.29, 1.82) is 0 Å². The van der Waals surface area contributed by atoms with E-state index in [1.807, 2.05) is 168 Å². The molecule has 71 heavy (non-hydrogen) atoms. The van der Waals surface area contributed by atoms with Gasteiger partial charge in [0.1, 0.15) is 33.1 Å². The van der Waals surface area contributed by atoms with Gasteiger partial charge in [0, 0.05) is 107 Å². The first-order chi connectivity index (χ1) is 34.2. The number of para-hydroxylation sites is 3. The molecule has 12 nitrogen and oxygen atoms in total. The van der Waals surface area contributed by atoms with E-state index < -0.39 is 0 Å². The van der Waals surface area contributed by atoms with Crippen molar-refractivity contribution in [3.05, 3.63) is 198 Å². The maximum absolute atomic E-state index is 6.17. The Balaban J connectivity index is 0.000000123. The molecule has 0 saturated heterocycles. The van der Waals surface area contributed by atoms with Gasteiger partial charge >= 0.3 is 0 Å². The topological polar surface area (TPSA) is 206 Å². The van der Waals surface area contributed by atoms with Crippen LogP contribution in [0.3, 0.4) is 0 Å². The SMILES string of the molecule is Cc1cc2nc3c(C)cc(N)cc3[n+](-c3ccccc3)c2cc1N.Cc1cc2nc3cc(C)c(N)cc3[n+](-c3ccccc3)c2cc1N.Cc1cc2nc3ccc(N)cc3[n+](-c3ccccc3)c2cc1N. The van der Waals surface area contributed by atoms with Crippen LogP contribution >= 0.6 is 0 Å². The summed E-state index contributed by atoms with van der Waals surface area (Å²) >= 11 is 0. The Labute approximate surface area is 411 Å². The number of hydrogen-bond acceptors (Lipinski definition) is 9. The van der Waals surface area contributed by atoms with Crippen molar-refractivity contribution in [3.8, 4) is 17.1 Å². The Morgan fingerprint density at radius 1 is 0.282 bits per heavy atom. The van der Waals surface area contributed by atoms with Gasteiger partial charge in [0.15, 0.2) is 0 Å². The van der Waals surface area contributed by atoms with Crippen LogP contribution < -0.4 is 48.1 Å². The molecule has 0 spiro atoms. The predicted molar refractivity (Wildman–Crippen MR) is 293 cm³/mol. The Morgan fingerprint density at radius 3 is 1.00 bits per heavy atom. The number of aromatic nitrogens is 6. The second kappa shape index (κ2) is 18.2. The average Bonchev–Trinajstić information content (AvgIpc) is 3.35. The summed E-state index contributed by atoms with van der Waals surface area (Å²) in [6, 6.07) is 56.4. The lowest BCUT2D eigenvalue weighted by Gasteiger charge is -2.09. The fourth-order valence-corrected chi connectivity index (χ4v) is 9.12. The van der Waals surface area contributed by atoms with E-state index in [1.54, 1.807) is 0 Å². The summed E-state index contributed by atoms with van der Waals surface area (Å²) < 4.78 is 6.50. The standard InChI is InChI=1S/2C20H18N4.C19H16N4/c1-12-9-17-18(11-16(12)22)24(15-6-4-3-5-7-15)19-10-14(21)8-13(2)20(19)23-17;1-12-8-17-19(10-15(12)21)24(14-6-4-3-5-7-14)20-11-16(22)13(2)9-18(20)23-17;1-12-9-17-19(11-15(12)21)23(14-5-3-2-4-6-14)18-10-13(20)7-8-16(18)22-17/h2*3-11H,1-2H3,(H3,21,22);2-11H,1H3,(H3,20,21)/p+3. The van der Waals surface area contributed by atoms with Gasteiger partial charge in [0.05, 0.1) is 0 Å². The van der Waals surface area contributed by atoms with E-state index >= 15 is 0 Å². The number of rotatable bonds is 3. The largest absolute Gasteiger partial charge is 0.399 e. The van der Waals surface area contributed by atoms with Crippen LogP contribution in [0.15, 0.2) is 170 Å². The molecular formula is C59H55N12+3. The molecule has 0 aliphatic rings. The normalized spacial score (nSPS) is 11.2. The molecule has 9 aromatic carbocycles. The number of nitrogens with two attached hydrogens (primary N) is 6. The lowest BCUT2D eigenvalue weighted by molar-refractivity contribution is -0.538. The zero-order valence-electron chi connectivity index (χ0n) is 40.3. The molecule has 12 rings (SSSR count). The van der Waals surface area contributed by atoms with Crippen molar-refractivity contribution in [3.63, 3.8) is 0 Å². The highest BCUT2D eigenvalue weighted by molar-refractivity contribution is 5.90. The lowest BCUT2D eigenvalue weighted by atomic mass is 10.1. The van der Waals surface area contributed by atoms with Crippen LogP contribution in [0.25, 0.3) is 83.3 Å². The van der Waals surface area contributed by atoms with Crippen molar-refractivity contribution in [2.75, 3.05) is 34.4 Å². The van der Waals surface area contributed by atoms with Gasteiger partial charge in [0.25, 0.3) is 0 Å². The first kappa shape index (κ1) is 45.4. The maximum atomic E-state index is 6.17. The van der Waals surface area contributed by atoms with E-state index in [-0.39, 0.29) is 0 Å². The number of nitrogens with zero attached hydrogens (tertiary/aromatic N) is 6. The summed E-state index contributed by atoms with van der Waals surface area (Å²) in [5, 5.41) is 0. The highest BCUT2D eigenvalue weighted by Gasteiger charge is 2.24. The molecule has 0 amide bonds. The van der Waals surface area contributed by atoms with Crippen molar-refractivity contribution in [2.45, 2.75) is 34.6 Å². The molecule has 0 aliphatic heterocycles. The maximum Gasteiger partial charge on any atom is 0.239 e. The first-order valence-corrected chi connectivity index (χ1v) is 23.3. The number of fused-ring (bicyclic) bond motifs is 6. The number of nitrogen functional groups attached to an aromatic ring is 6. The predicted octanol–water partition coefficient (Wildman–Crippen LogP) is 10.0. The van der Waals surface area contributed by atoms with Crippen LogP contribution in [0.1, 0.15) is 27.8 Å². The van der Waals surface area contributed by atoms with E-state index in [2.05, 4.69) is 50.1 Å². The quantitative estimate of drug-likeness (QED) is 0.0566. The molecule has 0 aliphatic carbocycles. The summed E-state index contributed by atoms with van der Waals surface area (Å²) in [4.78, 5) is 14.5. The number of hydrogen-bond donors (Lipinski definition) is 6.